The Hall–Kier alpha value is -1.35. The molecule has 1 aromatic carbocycles. The first-order chi connectivity index (χ1) is 6.88. The lowest BCUT2D eigenvalue weighted by molar-refractivity contribution is 0.0695. The molecule has 3 heteroatoms. The second kappa shape index (κ2) is 4.03. The molecule has 0 aromatic heterocycles. The zero-order valence-corrected chi connectivity index (χ0v) is 9.24. The molecule has 0 saturated carbocycles. The lowest BCUT2D eigenvalue weighted by Crippen LogP contribution is -2.22. The summed E-state index contributed by atoms with van der Waals surface area (Å²) in [7, 11) is 0. The third-order valence-electron chi connectivity index (χ3n) is 2.64. The summed E-state index contributed by atoms with van der Waals surface area (Å²) < 4.78 is 0. The second-order valence-electron chi connectivity index (χ2n) is 4.38. The van der Waals surface area contributed by atoms with Crippen molar-refractivity contribution in [2.24, 2.45) is 0 Å². The summed E-state index contributed by atoms with van der Waals surface area (Å²) in [6.45, 7) is 5.51. The first kappa shape index (κ1) is 11.7. The van der Waals surface area contributed by atoms with Gasteiger partial charge in [-0.2, -0.15) is 0 Å². The number of carboxylic acids is 1. The van der Waals surface area contributed by atoms with Gasteiger partial charge < -0.3 is 10.2 Å². The summed E-state index contributed by atoms with van der Waals surface area (Å²) in [5, 5.41) is 18.2. The molecular formula is C12H16O3. The Labute approximate surface area is 89.4 Å². The Bertz CT molecular complexity index is 380. The lowest BCUT2D eigenvalue weighted by atomic mass is 9.84. The number of rotatable bonds is 3. The molecule has 0 atom stereocenters. The van der Waals surface area contributed by atoms with Gasteiger partial charge in [-0.15, -0.1) is 0 Å². The Morgan fingerprint density at radius 3 is 2.47 bits per heavy atom. The number of carbonyl (C=O) groups is 1. The number of aryl methyl sites for hydroxylation is 1. The predicted octanol–water partition coefficient (Wildman–Crippen LogP) is 1.96. The van der Waals surface area contributed by atoms with Crippen molar-refractivity contribution in [3.05, 3.63) is 34.9 Å². The maximum atomic E-state index is 10.9. The van der Waals surface area contributed by atoms with Crippen LogP contribution >= 0.6 is 0 Å². The van der Waals surface area contributed by atoms with E-state index in [0.29, 0.717) is 5.56 Å². The van der Waals surface area contributed by atoms with E-state index < -0.39 is 11.4 Å². The summed E-state index contributed by atoms with van der Waals surface area (Å²) in [4.78, 5) is 10.9. The summed E-state index contributed by atoms with van der Waals surface area (Å²) in [5.41, 5.74) is 1.47. The van der Waals surface area contributed by atoms with Gasteiger partial charge in [0.15, 0.2) is 0 Å². The molecular weight excluding hydrogens is 192 g/mol. The van der Waals surface area contributed by atoms with Crippen LogP contribution in [0.3, 0.4) is 0 Å². The van der Waals surface area contributed by atoms with Gasteiger partial charge in [-0.25, -0.2) is 4.79 Å². The molecule has 3 nitrogen and oxygen atoms in total. The van der Waals surface area contributed by atoms with E-state index in [9.17, 15) is 9.90 Å². The molecule has 0 radical (unpaired) electrons. The van der Waals surface area contributed by atoms with Gasteiger partial charge in [0.1, 0.15) is 0 Å². The van der Waals surface area contributed by atoms with Crippen molar-refractivity contribution in [2.45, 2.75) is 26.2 Å². The molecule has 1 rings (SSSR count). The van der Waals surface area contributed by atoms with Crippen LogP contribution < -0.4 is 0 Å². The van der Waals surface area contributed by atoms with Gasteiger partial charge in [0, 0.05) is 5.41 Å². The van der Waals surface area contributed by atoms with Crippen LogP contribution in [0.1, 0.15) is 35.3 Å². The second-order valence-corrected chi connectivity index (χ2v) is 4.38. The average molecular weight is 208 g/mol. The van der Waals surface area contributed by atoms with Crippen molar-refractivity contribution in [1.82, 2.24) is 0 Å². The normalized spacial score (nSPS) is 11.5. The van der Waals surface area contributed by atoms with Gasteiger partial charge in [-0.3, -0.25) is 0 Å². The summed E-state index contributed by atoms with van der Waals surface area (Å²) in [5.74, 6) is -0.928. The fraction of sp³-hybridized carbons (Fsp3) is 0.417. The highest BCUT2D eigenvalue weighted by Crippen LogP contribution is 2.24. The van der Waals surface area contributed by atoms with Gasteiger partial charge in [-0.05, 0) is 24.1 Å². The van der Waals surface area contributed by atoms with Gasteiger partial charge in [-0.1, -0.05) is 26.0 Å². The van der Waals surface area contributed by atoms with Crippen LogP contribution in [0.5, 0.6) is 0 Å². The fourth-order valence-corrected chi connectivity index (χ4v) is 1.36. The van der Waals surface area contributed by atoms with Crippen molar-refractivity contribution in [2.75, 3.05) is 6.61 Å². The van der Waals surface area contributed by atoms with E-state index in [1.54, 1.807) is 19.1 Å². The lowest BCUT2D eigenvalue weighted by Gasteiger charge is -2.22. The monoisotopic (exact) mass is 208 g/mol. The molecule has 0 unspecified atom stereocenters. The maximum absolute atomic E-state index is 10.9. The van der Waals surface area contributed by atoms with E-state index in [1.165, 1.54) is 0 Å². The van der Waals surface area contributed by atoms with Crippen molar-refractivity contribution in [3.63, 3.8) is 0 Å². The smallest absolute Gasteiger partial charge is 0.335 e. The van der Waals surface area contributed by atoms with Crippen LogP contribution in [0, 0.1) is 6.92 Å². The number of carboxylic acid groups (broad SMARTS) is 1. The molecule has 2 N–H and O–H groups in total. The van der Waals surface area contributed by atoms with Gasteiger partial charge in [0.25, 0.3) is 0 Å². The molecule has 0 spiro atoms. The SMILES string of the molecule is Cc1ccc(C(C)(C)CO)cc1C(=O)O. The molecule has 0 saturated heterocycles. The van der Waals surface area contributed by atoms with E-state index in [2.05, 4.69) is 0 Å². The van der Waals surface area contributed by atoms with Crippen LogP contribution in [-0.4, -0.2) is 22.8 Å². The topological polar surface area (TPSA) is 57.5 Å². The Morgan fingerprint density at radius 1 is 1.40 bits per heavy atom. The Balaban J connectivity index is 3.25. The Morgan fingerprint density at radius 2 is 2.00 bits per heavy atom. The van der Waals surface area contributed by atoms with E-state index in [4.69, 9.17) is 5.11 Å². The van der Waals surface area contributed by atoms with Crippen LogP contribution in [0.4, 0.5) is 0 Å². The third kappa shape index (κ3) is 2.36. The molecule has 1 aromatic rings. The predicted molar refractivity (Wildman–Crippen MR) is 58.3 cm³/mol. The molecule has 0 aliphatic rings. The third-order valence-corrected chi connectivity index (χ3v) is 2.64. The van der Waals surface area contributed by atoms with Crippen LogP contribution in [-0.2, 0) is 5.41 Å². The zero-order chi connectivity index (χ0) is 11.6. The number of aliphatic hydroxyl groups is 1. The van der Waals surface area contributed by atoms with Crippen molar-refractivity contribution >= 4 is 5.97 Å². The molecule has 82 valence electrons. The van der Waals surface area contributed by atoms with E-state index in [1.807, 2.05) is 19.9 Å². The summed E-state index contributed by atoms with van der Waals surface area (Å²) in [6.07, 6.45) is 0. The minimum Gasteiger partial charge on any atom is -0.478 e. The van der Waals surface area contributed by atoms with Gasteiger partial charge in [0.2, 0.25) is 0 Å². The molecule has 0 fully saturated rings. The average Bonchev–Trinajstić information content (AvgIpc) is 2.17. The fourth-order valence-electron chi connectivity index (χ4n) is 1.36. The van der Waals surface area contributed by atoms with Crippen LogP contribution in [0.25, 0.3) is 0 Å². The molecule has 15 heavy (non-hydrogen) atoms. The standard InChI is InChI=1S/C12H16O3/c1-8-4-5-9(12(2,3)7-13)6-10(8)11(14)15/h4-6,13H,7H2,1-3H3,(H,14,15). The number of benzene rings is 1. The number of aliphatic hydroxyl groups excluding tert-OH is 1. The molecule has 0 amide bonds. The van der Waals surface area contributed by atoms with Crippen molar-refractivity contribution in [1.29, 1.82) is 0 Å². The van der Waals surface area contributed by atoms with Crippen molar-refractivity contribution < 1.29 is 15.0 Å². The number of hydrogen-bond acceptors (Lipinski definition) is 2. The first-order valence-electron chi connectivity index (χ1n) is 4.84. The minimum absolute atomic E-state index is 0.00484. The number of aromatic carboxylic acids is 1. The maximum Gasteiger partial charge on any atom is 0.335 e. The first-order valence-corrected chi connectivity index (χ1v) is 4.84. The Kier molecular flexibility index (Phi) is 3.15. The number of hydrogen-bond donors (Lipinski definition) is 2. The molecule has 0 aliphatic heterocycles. The summed E-state index contributed by atoms with van der Waals surface area (Å²) >= 11 is 0. The quantitative estimate of drug-likeness (QED) is 0.798. The highest BCUT2D eigenvalue weighted by Gasteiger charge is 2.21. The largest absolute Gasteiger partial charge is 0.478 e. The van der Waals surface area contributed by atoms with Crippen molar-refractivity contribution in [3.8, 4) is 0 Å². The highest BCUT2D eigenvalue weighted by atomic mass is 16.4. The molecule has 0 heterocycles. The molecule has 0 aliphatic carbocycles. The van der Waals surface area contributed by atoms with E-state index in [-0.39, 0.29) is 6.61 Å². The summed E-state index contributed by atoms with van der Waals surface area (Å²) in [6, 6.07) is 5.27. The zero-order valence-electron chi connectivity index (χ0n) is 9.24. The van der Waals surface area contributed by atoms with Crippen LogP contribution in [0.15, 0.2) is 18.2 Å². The molecule has 0 bridgehead atoms. The highest BCUT2D eigenvalue weighted by molar-refractivity contribution is 5.89. The van der Waals surface area contributed by atoms with Crippen LogP contribution in [0.2, 0.25) is 0 Å². The van der Waals surface area contributed by atoms with E-state index >= 15 is 0 Å². The van der Waals surface area contributed by atoms with Gasteiger partial charge >= 0.3 is 5.97 Å². The van der Waals surface area contributed by atoms with E-state index in [0.717, 1.165) is 11.1 Å². The van der Waals surface area contributed by atoms with Gasteiger partial charge in [0.05, 0.1) is 12.2 Å². The minimum atomic E-state index is -0.928.